The van der Waals surface area contributed by atoms with Gasteiger partial charge in [0.25, 0.3) is 8.32 Å². The summed E-state index contributed by atoms with van der Waals surface area (Å²) in [5.41, 5.74) is 4.76. The van der Waals surface area contributed by atoms with E-state index in [0.717, 1.165) is 36.8 Å². The van der Waals surface area contributed by atoms with Crippen molar-refractivity contribution in [3.05, 3.63) is 138 Å². The number of hydrogen-bond donors (Lipinski definition) is 0. The summed E-state index contributed by atoms with van der Waals surface area (Å²) in [6.45, 7) is 17.9. The second kappa shape index (κ2) is 17.8. The fourth-order valence-electron chi connectivity index (χ4n) is 6.15. The summed E-state index contributed by atoms with van der Waals surface area (Å²) in [6, 6.07) is 30.3. The van der Waals surface area contributed by atoms with Crippen molar-refractivity contribution in [3.8, 4) is 0 Å². The Morgan fingerprint density at radius 1 is 0.681 bits per heavy atom. The van der Waals surface area contributed by atoms with Crippen LogP contribution in [0.5, 0.6) is 0 Å². The molecule has 5 heteroatoms. The van der Waals surface area contributed by atoms with Crippen LogP contribution in [0, 0.1) is 0 Å². The van der Waals surface area contributed by atoms with Crippen LogP contribution < -0.4 is 10.4 Å². The van der Waals surface area contributed by atoms with Crippen LogP contribution in [0.25, 0.3) is 0 Å². The van der Waals surface area contributed by atoms with Gasteiger partial charge in [0, 0.05) is 0 Å². The molecule has 0 N–H and O–H groups in total. The van der Waals surface area contributed by atoms with E-state index in [1.807, 2.05) is 12.1 Å². The van der Waals surface area contributed by atoms with Crippen LogP contribution in [0.1, 0.15) is 87.5 Å². The van der Waals surface area contributed by atoms with E-state index in [2.05, 4.69) is 134 Å². The van der Waals surface area contributed by atoms with Crippen molar-refractivity contribution in [2.45, 2.75) is 103 Å². The third kappa shape index (κ3) is 10.9. The first-order valence-corrected chi connectivity index (χ1v) is 20.4. The highest BCUT2D eigenvalue weighted by atomic mass is 32.2. The molecule has 0 radical (unpaired) electrons. The first-order valence-electron chi connectivity index (χ1n) is 16.9. The predicted molar refractivity (Wildman–Crippen MR) is 205 cm³/mol. The van der Waals surface area contributed by atoms with Crippen LogP contribution in [-0.2, 0) is 14.3 Å². The van der Waals surface area contributed by atoms with Gasteiger partial charge < -0.3 is 4.43 Å². The Hall–Kier alpha value is -3.25. The average Bonchev–Trinajstić information content (AvgIpc) is 3.03. The molecule has 0 saturated carbocycles. The molecule has 0 spiro atoms. The molecule has 0 aliphatic carbocycles. The van der Waals surface area contributed by atoms with Crippen molar-refractivity contribution in [1.82, 2.24) is 0 Å². The summed E-state index contributed by atoms with van der Waals surface area (Å²) >= 11 is 0. The Bertz CT molecular complexity index is 1580. The molecule has 3 aromatic rings. The van der Waals surface area contributed by atoms with Crippen molar-refractivity contribution in [2.75, 3.05) is 6.61 Å². The molecule has 3 rings (SSSR count). The van der Waals surface area contributed by atoms with Crippen molar-refractivity contribution < 1.29 is 12.8 Å². The normalized spacial score (nSPS) is 14.2. The summed E-state index contributed by atoms with van der Waals surface area (Å²) in [5, 5.41) is 1.91. The van der Waals surface area contributed by atoms with Crippen LogP contribution in [-0.4, -0.2) is 28.6 Å². The highest BCUT2D eigenvalue weighted by Gasteiger charge is 2.49. The molecule has 1 atom stereocenters. The van der Waals surface area contributed by atoms with Crippen LogP contribution >= 0.6 is 0 Å². The molecule has 0 aliphatic heterocycles. The number of rotatable bonds is 16. The summed E-state index contributed by atoms with van der Waals surface area (Å²) < 4.78 is 34.5. The third-order valence-corrected chi connectivity index (χ3v) is 15.8. The summed E-state index contributed by atoms with van der Waals surface area (Å²) in [5.74, 6) is 0. The quantitative estimate of drug-likeness (QED) is 0.113. The molecule has 0 saturated heterocycles. The fraction of sp³-hybridized carbons (Fsp3) is 0.381. The maximum Gasteiger partial charge on any atom is 0.261 e. The van der Waals surface area contributed by atoms with Gasteiger partial charge in [-0.25, -0.2) is 8.42 Å². The summed E-state index contributed by atoms with van der Waals surface area (Å²) in [6.07, 6.45) is 12.6. The maximum atomic E-state index is 13.7. The maximum absolute atomic E-state index is 13.7. The highest BCUT2D eigenvalue weighted by molar-refractivity contribution is 7.92. The second-order valence-corrected chi connectivity index (χ2v) is 20.5. The number of benzene rings is 3. The van der Waals surface area contributed by atoms with E-state index in [1.165, 1.54) is 21.5 Å². The number of hydrogen-bond acceptors (Lipinski definition) is 3. The van der Waals surface area contributed by atoms with Crippen LogP contribution in [0.15, 0.2) is 142 Å². The zero-order valence-electron chi connectivity index (χ0n) is 29.9. The monoisotopic (exact) mass is 668 g/mol. The van der Waals surface area contributed by atoms with Gasteiger partial charge >= 0.3 is 0 Å². The van der Waals surface area contributed by atoms with Gasteiger partial charge in [-0.15, -0.1) is 0 Å². The Balaban J connectivity index is 1.74. The van der Waals surface area contributed by atoms with Gasteiger partial charge in [-0.1, -0.05) is 146 Å². The zero-order chi connectivity index (χ0) is 34.5. The minimum absolute atomic E-state index is 0.0631. The lowest BCUT2D eigenvalue weighted by Crippen LogP contribution is -2.66. The minimum Gasteiger partial charge on any atom is -0.404 e. The van der Waals surface area contributed by atoms with Crippen LogP contribution in [0.3, 0.4) is 0 Å². The molecule has 1 unspecified atom stereocenters. The van der Waals surface area contributed by atoms with Crippen LogP contribution in [0.4, 0.5) is 0 Å². The molecule has 3 aromatic carbocycles. The van der Waals surface area contributed by atoms with E-state index in [1.54, 1.807) is 24.3 Å². The van der Waals surface area contributed by atoms with Gasteiger partial charge in [0.1, 0.15) is 0 Å². The lowest BCUT2D eigenvalue weighted by atomic mass is 10.0. The largest absolute Gasteiger partial charge is 0.404 e. The highest BCUT2D eigenvalue weighted by Crippen LogP contribution is 2.36. The first-order chi connectivity index (χ1) is 22.3. The zero-order valence-corrected chi connectivity index (χ0v) is 31.7. The van der Waals surface area contributed by atoms with E-state index < -0.39 is 23.4 Å². The predicted octanol–water partition coefficient (Wildman–Crippen LogP) is 10.2. The van der Waals surface area contributed by atoms with Gasteiger partial charge in [-0.05, 0) is 94.3 Å². The minimum atomic E-state index is -3.51. The van der Waals surface area contributed by atoms with E-state index in [9.17, 15) is 8.42 Å². The molecule has 0 aromatic heterocycles. The van der Waals surface area contributed by atoms with E-state index >= 15 is 0 Å². The van der Waals surface area contributed by atoms with Crippen LogP contribution in [0.2, 0.25) is 5.04 Å². The van der Waals surface area contributed by atoms with Gasteiger partial charge in [0.15, 0.2) is 9.84 Å². The SMILES string of the molecule is CC(C)=CCC/C(C)=C\C(C/C(C)=C\CC/C(C)=C\CO[Si](c1ccccc1)(c1ccccc1)C(C)(C)C)S(=O)(=O)c1ccccc1. The van der Waals surface area contributed by atoms with Crippen molar-refractivity contribution in [3.63, 3.8) is 0 Å². The summed E-state index contributed by atoms with van der Waals surface area (Å²) in [4.78, 5) is 0.380. The molecule has 0 amide bonds. The lowest BCUT2D eigenvalue weighted by molar-refractivity contribution is 0.338. The molecular formula is C42H56O3SSi. The van der Waals surface area contributed by atoms with E-state index in [4.69, 9.17) is 4.43 Å². The second-order valence-electron chi connectivity index (χ2n) is 14.0. The Kier molecular flexibility index (Phi) is 14.4. The Morgan fingerprint density at radius 3 is 1.68 bits per heavy atom. The van der Waals surface area contributed by atoms with Gasteiger partial charge in [-0.2, -0.15) is 0 Å². The summed E-state index contributed by atoms with van der Waals surface area (Å²) in [7, 11) is -6.09. The first kappa shape index (κ1) is 38.2. The molecule has 252 valence electrons. The van der Waals surface area contributed by atoms with Crippen molar-refractivity contribution in [1.29, 1.82) is 0 Å². The van der Waals surface area contributed by atoms with Crippen molar-refractivity contribution >= 4 is 28.5 Å². The topological polar surface area (TPSA) is 43.4 Å². The molecule has 3 nitrogen and oxygen atoms in total. The molecule has 0 heterocycles. The lowest BCUT2D eigenvalue weighted by Gasteiger charge is -2.42. The van der Waals surface area contributed by atoms with E-state index in [-0.39, 0.29) is 5.04 Å². The molecular weight excluding hydrogens is 613 g/mol. The molecule has 0 bridgehead atoms. The molecule has 0 aliphatic rings. The Labute approximate surface area is 287 Å². The van der Waals surface area contributed by atoms with Gasteiger partial charge in [0.05, 0.1) is 16.8 Å². The third-order valence-electron chi connectivity index (χ3n) is 8.74. The number of allylic oxidation sites excluding steroid dienone is 6. The Morgan fingerprint density at radius 2 is 1.17 bits per heavy atom. The van der Waals surface area contributed by atoms with Crippen molar-refractivity contribution in [2.24, 2.45) is 0 Å². The average molecular weight is 669 g/mol. The van der Waals surface area contributed by atoms with Gasteiger partial charge in [0.2, 0.25) is 0 Å². The standard InChI is InChI=1S/C42H56O3SSi/c1-34(2)20-18-22-36(4)32-39(46(43,44)38-24-12-9-13-25-38)33-37(5)23-19-21-35(3)30-31-45-47(42(6,7)8,40-26-14-10-15-27-40)41-28-16-11-17-29-41/h9-17,20,23-30,32,39H,18-19,21-22,31,33H2,1-8H3/b35-30-,36-32-,37-23-. The number of sulfone groups is 1. The molecule has 0 fully saturated rings. The molecule has 47 heavy (non-hydrogen) atoms. The smallest absolute Gasteiger partial charge is 0.261 e. The van der Waals surface area contributed by atoms with E-state index in [0.29, 0.717) is 17.9 Å². The van der Waals surface area contributed by atoms with Gasteiger partial charge in [-0.3, -0.25) is 0 Å². The fourth-order valence-corrected chi connectivity index (χ4v) is 12.4.